The standard InChI is InChI=1S/C6H6F6O3/c7-5(8,9)1-3(15-4(13)14)2-6(10,11)12/h3H,1-2H2,(H,13,14). The minimum Gasteiger partial charge on any atom is -0.450 e. The van der Waals surface area contributed by atoms with E-state index in [2.05, 4.69) is 4.74 Å². The van der Waals surface area contributed by atoms with Gasteiger partial charge in [-0.1, -0.05) is 0 Å². The van der Waals surface area contributed by atoms with Gasteiger partial charge in [-0.15, -0.1) is 0 Å². The molecule has 90 valence electrons. The van der Waals surface area contributed by atoms with Crippen molar-refractivity contribution in [3.8, 4) is 0 Å². The Morgan fingerprint density at radius 1 is 1.07 bits per heavy atom. The summed E-state index contributed by atoms with van der Waals surface area (Å²) in [6.07, 6.45) is -18.4. The summed E-state index contributed by atoms with van der Waals surface area (Å²) >= 11 is 0. The molecule has 0 bridgehead atoms. The van der Waals surface area contributed by atoms with E-state index in [1.165, 1.54) is 0 Å². The molecule has 0 atom stereocenters. The minimum atomic E-state index is -4.91. The molecule has 0 rings (SSSR count). The number of hydrogen-bond donors (Lipinski definition) is 1. The first kappa shape index (κ1) is 13.8. The van der Waals surface area contributed by atoms with Crippen molar-refractivity contribution in [2.75, 3.05) is 0 Å². The van der Waals surface area contributed by atoms with E-state index in [0.29, 0.717) is 0 Å². The zero-order valence-electron chi connectivity index (χ0n) is 7.02. The number of carbonyl (C=O) groups is 1. The van der Waals surface area contributed by atoms with E-state index in [-0.39, 0.29) is 0 Å². The summed E-state index contributed by atoms with van der Waals surface area (Å²) < 4.78 is 73.6. The van der Waals surface area contributed by atoms with E-state index in [1.807, 2.05) is 0 Å². The summed E-state index contributed by atoms with van der Waals surface area (Å²) in [5.74, 6) is 0. The normalized spacial score (nSPS) is 13.0. The van der Waals surface area contributed by atoms with Gasteiger partial charge in [0.25, 0.3) is 0 Å². The third-order valence-corrected chi connectivity index (χ3v) is 1.19. The van der Waals surface area contributed by atoms with E-state index in [0.717, 1.165) is 0 Å². The van der Waals surface area contributed by atoms with E-state index in [9.17, 15) is 31.1 Å². The molecule has 0 spiro atoms. The monoisotopic (exact) mass is 240 g/mol. The van der Waals surface area contributed by atoms with E-state index < -0.39 is 37.5 Å². The first-order valence-electron chi connectivity index (χ1n) is 3.53. The van der Waals surface area contributed by atoms with E-state index >= 15 is 0 Å². The third-order valence-electron chi connectivity index (χ3n) is 1.19. The van der Waals surface area contributed by atoms with Crippen LogP contribution in [0.1, 0.15) is 12.8 Å². The lowest BCUT2D eigenvalue weighted by Crippen LogP contribution is -2.29. The number of alkyl halides is 6. The van der Waals surface area contributed by atoms with Crippen molar-refractivity contribution >= 4 is 6.16 Å². The second kappa shape index (κ2) is 4.58. The Hall–Kier alpha value is -1.15. The number of rotatable bonds is 3. The highest BCUT2D eigenvalue weighted by Gasteiger charge is 2.40. The van der Waals surface area contributed by atoms with Crippen LogP contribution in [0.15, 0.2) is 0 Å². The van der Waals surface area contributed by atoms with Crippen LogP contribution in [-0.2, 0) is 4.74 Å². The molecule has 0 saturated heterocycles. The van der Waals surface area contributed by atoms with Crippen LogP contribution in [0.25, 0.3) is 0 Å². The second-order valence-corrected chi connectivity index (χ2v) is 2.64. The fourth-order valence-electron chi connectivity index (χ4n) is 0.814. The number of hydrogen-bond acceptors (Lipinski definition) is 2. The molecule has 0 aromatic heterocycles. The van der Waals surface area contributed by atoms with Gasteiger partial charge < -0.3 is 9.84 Å². The molecule has 0 heterocycles. The highest BCUT2D eigenvalue weighted by atomic mass is 19.4. The molecule has 0 fully saturated rings. The third kappa shape index (κ3) is 9.16. The molecule has 3 nitrogen and oxygen atoms in total. The molecule has 15 heavy (non-hydrogen) atoms. The Labute approximate surface area is 79.6 Å². The van der Waals surface area contributed by atoms with Crippen molar-refractivity contribution in [2.45, 2.75) is 31.3 Å². The average Bonchev–Trinajstić information content (AvgIpc) is 1.73. The van der Waals surface area contributed by atoms with E-state index in [1.54, 1.807) is 0 Å². The smallest absolute Gasteiger partial charge is 0.450 e. The van der Waals surface area contributed by atoms with Crippen molar-refractivity contribution < 1.29 is 41.0 Å². The fourth-order valence-corrected chi connectivity index (χ4v) is 0.814. The van der Waals surface area contributed by atoms with Gasteiger partial charge in [-0.3, -0.25) is 0 Å². The zero-order chi connectivity index (χ0) is 12.3. The predicted octanol–water partition coefficient (Wildman–Crippen LogP) is 2.95. The number of halogens is 6. The van der Waals surface area contributed by atoms with Gasteiger partial charge in [-0.2, -0.15) is 26.3 Å². The van der Waals surface area contributed by atoms with Gasteiger partial charge in [-0.05, 0) is 0 Å². The summed E-state index contributed by atoms with van der Waals surface area (Å²) in [5, 5.41) is 7.92. The van der Waals surface area contributed by atoms with Crippen LogP contribution >= 0.6 is 0 Å². The number of carboxylic acid groups (broad SMARTS) is 1. The minimum absolute atomic E-state index is 1.96. The van der Waals surface area contributed by atoms with Gasteiger partial charge in [0, 0.05) is 0 Å². The molecule has 1 N–H and O–H groups in total. The lowest BCUT2D eigenvalue weighted by Gasteiger charge is -2.18. The van der Waals surface area contributed by atoms with Crippen molar-refractivity contribution in [3.05, 3.63) is 0 Å². The maximum Gasteiger partial charge on any atom is 0.506 e. The first-order chi connectivity index (χ1) is 6.49. The Morgan fingerprint density at radius 2 is 1.40 bits per heavy atom. The zero-order valence-corrected chi connectivity index (χ0v) is 7.02. The van der Waals surface area contributed by atoms with Gasteiger partial charge >= 0.3 is 18.5 Å². The van der Waals surface area contributed by atoms with Gasteiger partial charge in [0.2, 0.25) is 0 Å². The Bertz CT molecular complexity index is 204. The predicted molar refractivity (Wildman–Crippen MR) is 34.2 cm³/mol. The molecule has 0 aliphatic carbocycles. The molecule has 0 aromatic carbocycles. The van der Waals surface area contributed by atoms with Crippen LogP contribution in [-0.4, -0.2) is 29.7 Å². The van der Waals surface area contributed by atoms with Gasteiger partial charge in [0.05, 0.1) is 12.8 Å². The first-order valence-corrected chi connectivity index (χ1v) is 3.53. The highest BCUT2D eigenvalue weighted by molar-refractivity contribution is 5.57. The van der Waals surface area contributed by atoms with Crippen molar-refractivity contribution in [1.82, 2.24) is 0 Å². The second-order valence-electron chi connectivity index (χ2n) is 2.64. The topological polar surface area (TPSA) is 46.5 Å². The molecule has 9 heteroatoms. The summed E-state index contributed by atoms with van der Waals surface area (Å²) in [6, 6.07) is 0. The highest BCUT2D eigenvalue weighted by Crippen LogP contribution is 2.30. The Morgan fingerprint density at radius 3 is 1.60 bits per heavy atom. The van der Waals surface area contributed by atoms with Gasteiger partial charge in [0.15, 0.2) is 0 Å². The molecule has 0 amide bonds. The lowest BCUT2D eigenvalue weighted by atomic mass is 10.2. The van der Waals surface area contributed by atoms with Crippen molar-refractivity contribution in [1.29, 1.82) is 0 Å². The summed E-state index contributed by atoms with van der Waals surface area (Å²) in [6.45, 7) is 0. The molecular weight excluding hydrogens is 234 g/mol. The van der Waals surface area contributed by atoms with Crippen LogP contribution < -0.4 is 0 Å². The molecule has 0 aliphatic rings. The fraction of sp³-hybridized carbons (Fsp3) is 0.833. The van der Waals surface area contributed by atoms with Crippen LogP contribution in [0.3, 0.4) is 0 Å². The Kier molecular flexibility index (Phi) is 4.23. The summed E-state index contributed by atoms with van der Waals surface area (Å²) in [7, 11) is 0. The molecule has 0 aromatic rings. The van der Waals surface area contributed by atoms with E-state index in [4.69, 9.17) is 5.11 Å². The molecule has 0 aliphatic heterocycles. The van der Waals surface area contributed by atoms with Gasteiger partial charge in [-0.25, -0.2) is 4.79 Å². The Balaban J connectivity index is 4.39. The van der Waals surface area contributed by atoms with Crippen LogP contribution in [0.4, 0.5) is 31.1 Å². The van der Waals surface area contributed by atoms with Crippen molar-refractivity contribution in [3.63, 3.8) is 0 Å². The number of ether oxygens (including phenoxy) is 1. The maximum atomic E-state index is 11.7. The molecule has 0 unspecified atom stereocenters. The maximum absolute atomic E-state index is 11.7. The van der Waals surface area contributed by atoms with Crippen LogP contribution in [0.5, 0.6) is 0 Å². The average molecular weight is 240 g/mol. The summed E-state index contributed by atoms with van der Waals surface area (Å²) in [4.78, 5) is 9.82. The largest absolute Gasteiger partial charge is 0.506 e. The SMILES string of the molecule is O=C(O)OC(CC(F)(F)F)CC(F)(F)F. The van der Waals surface area contributed by atoms with Crippen molar-refractivity contribution in [2.24, 2.45) is 0 Å². The molecule has 0 saturated carbocycles. The molecular formula is C6H6F6O3. The summed E-state index contributed by atoms with van der Waals surface area (Å²) in [5.41, 5.74) is 0. The van der Waals surface area contributed by atoms with Gasteiger partial charge in [0.1, 0.15) is 6.10 Å². The quantitative estimate of drug-likeness (QED) is 0.609. The lowest BCUT2D eigenvalue weighted by molar-refractivity contribution is -0.187. The molecule has 0 radical (unpaired) electrons. The van der Waals surface area contributed by atoms with Crippen LogP contribution in [0.2, 0.25) is 0 Å². The van der Waals surface area contributed by atoms with Crippen LogP contribution in [0, 0.1) is 0 Å².